The largest absolute Gasteiger partial charge is 0.480 e. The van der Waals surface area contributed by atoms with E-state index in [9.17, 15) is 14.4 Å². The van der Waals surface area contributed by atoms with Gasteiger partial charge in [-0.2, -0.15) is 0 Å². The zero-order valence-corrected chi connectivity index (χ0v) is 14.1. The van der Waals surface area contributed by atoms with Gasteiger partial charge in [0.15, 0.2) is 0 Å². The molecule has 128 valence electrons. The third-order valence-corrected chi connectivity index (χ3v) is 4.09. The predicted molar refractivity (Wildman–Crippen MR) is 89.8 cm³/mol. The molecule has 2 rings (SSSR count). The molecule has 0 radical (unpaired) electrons. The summed E-state index contributed by atoms with van der Waals surface area (Å²) in [5.74, 6) is -1.49. The summed E-state index contributed by atoms with van der Waals surface area (Å²) >= 11 is 0. The number of carbonyl (C=O) groups is 3. The number of benzene rings is 1. The van der Waals surface area contributed by atoms with Gasteiger partial charge in [-0.25, -0.2) is 0 Å². The number of fused-ring (bicyclic) bond motifs is 1. The summed E-state index contributed by atoms with van der Waals surface area (Å²) < 4.78 is 0. The third kappa shape index (κ3) is 3.82. The summed E-state index contributed by atoms with van der Waals surface area (Å²) in [6.45, 7) is 4.66. The molecule has 1 aromatic carbocycles. The molecule has 1 aliphatic rings. The zero-order valence-electron chi connectivity index (χ0n) is 14.1. The van der Waals surface area contributed by atoms with E-state index in [4.69, 9.17) is 5.11 Å². The van der Waals surface area contributed by atoms with Crippen molar-refractivity contribution in [3.8, 4) is 0 Å². The molecule has 0 spiro atoms. The quantitative estimate of drug-likeness (QED) is 0.898. The van der Waals surface area contributed by atoms with Crippen LogP contribution in [0.5, 0.6) is 0 Å². The first kappa shape index (κ1) is 17.7. The lowest BCUT2D eigenvalue weighted by Gasteiger charge is -2.34. The fourth-order valence-electron chi connectivity index (χ4n) is 2.90. The molecular weight excluding hydrogens is 308 g/mol. The second kappa shape index (κ2) is 7.29. The van der Waals surface area contributed by atoms with E-state index in [1.165, 1.54) is 16.7 Å². The first-order valence-electron chi connectivity index (χ1n) is 7.88. The first-order chi connectivity index (χ1) is 11.3. The molecule has 1 unspecified atom stereocenters. The number of hydrogen-bond donors (Lipinski definition) is 1. The van der Waals surface area contributed by atoms with E-state index in [-0.39, 0.29) is 30.8 Å². The number of amides is 2. The molecule has 0 aliphatic carbocycles. The lowest BCUT2D eigenvalue weighted by atomic mass is 9.93. The minimum absolute atomic E-state index is 0.0480. The van der Waals surface area contributed by atoms with E-state index in [0.717, 1.165) is 11.1 Å². The minimum Gasteiger partial charge on any atom is -0.480 e. The van der Waals surface area contributed by atoms with Crippen molar-refractivity contribution in [2.45, 2.75) is 39.3 Å². The number of carboxylic acid groups (broad SMARTS) is 1. The Morgan fingerprint density at radius 1 is 1.25 bits per heavy atom. The highest BCUT2D eigenvalue weighted by Crippen LogP contribution is 2.33. The maximum absolute atomic E-state index is 12.7. The summed E-state index contributed by atoms with van der Waals surface area (Å²) in [6, 6.07) is 6.93. The van der Waals surface area contributed by atoms with Crippen LogP contribution in [0.3, 0.4) is 0 Å². The Bertz CT molecular complexity index is 681. The molecule has 6 heteroatoms. The van der Waals surface area contributed by atoms with Gasteiger partial charge in [0.05, 0.1) is 12.5 Å². The van der Waals surface area contributed by atoms with E-state index >= 15 is 0 Å². The Hall–Kier alpha value is -2.63. The number of nitrogens with zero attached hydrogens (tertiary/aromatic N) is 2. The normalized spacial score (nSPS) is 16.0. The van der Waals surface area contributed by atoms with Gasteiger partial charge in [0.2, 0.25) is 11.8 Å². The smallest absolute Gasteiger partial charge is 0.323 e. The highest BCUT2D eigenvalue weighted by atomic mass is 16.4. The van der Waals surface area contributed by atoms with Crippen LogP contribution in [0.4, 0.5) is 0 Å². The summed E-state index contributed by atoms with van der Waals surface area (Å²) in [4.78, 5) is 38.5. The fraction of sp³-hybridized carbons (Fsp3) is 0.389. The average Bonchev–Trinajstić information content (AvgIpc) is 2.52. The Labute approximate surface area is 141 Å². The van der Waals surface area contributed by atoms with E-state index < -0.39 is 12.0 Å². The molecule has 0 saturated carbocycles. The minimum atomic E-state index is -1.05. The SMILES string of the molecule is CC(=O)N1C=Cc2ccccc2C1CC(=O)N(CC(=O)O)C(C)C. The zero-order chi connectivity index (χ0) is 17.9. The van der Waals surface area contributed by atoms with Crippen molar-refractivity contribution in [1.82, 2.24) is 9.80 Å². The van der Waals surface area contributed by atoms with Crippen LogP contribution in [0.1, 0.15) is 44.4 Å². The van der Waals surface area contributed by atoms with Crippen LogP contribution in [0, 0.1) is 0 Å². The van der Waals surface area contributed by atoms with E-state index in [1.54, 1.807) is 20.0 Å². The number of carbonyl (C=O) groups excluding carboxylic acids is 2. The van der Waals surface area contributed by atoms with Crippen molar-refractivity contribution in [3.05, 3.63) is 41.6 Å². The Balaban J connectivity index is 2.30. The van der Waals surface area contributed by atoms with Gasteiger partial charge in [-0.05, 0) is 31.1 Å². The van der Waals surface area contributed by atoms with Crippen LogP contribution in [-0.4, -0.2) is 45.3 Å². The van der Waals surface area contributed by atoms with E-state index in [0.29, 0.717) is 0 Å². The lowest BCUT2D eigenvalue weighted by molar-refractivity contribution is -0.146. The maximum atomic E-state index is 12.7. The Morgan fingerprint density at radius 2 is 1.92 bits per heavy atom. The molecule has 2 amide bonds. The van der Waals surface area contributed by atoms with E-state index in [1.807, 2.05) is 30.3 Å². The van der Waals surface area contributed by atoms with Crippen molar-refractivity contribution >= 4 is 23.9 Å². The summed E-state index contributed by atoms with van der Waals surface area (Å²) in [6.07, 6.45) is 3.57. The summed E-state index contributed by atoms with van der Waals surface area (Å²) in [5, 5.41) is 9.02. The molecule has 6 nitrogen and oxygen atoms in total. The van der Waals surface area contributed by atoms with Gasteiger partial charge in [-0.15, -0.1) is 0 Å². The third-order valence-electron chi connectivity index (χ3n) is 4.09. The topological polar surface area (TPSA) is 77.9 Å². The number of carboxylic acids is 1. The van der Waals surface area contributed by atoms with Crippen LogP contribution in [0.25, 0.3) is 6.08 Å². The fourth-order valence-corrected chi connectivity index (χ4v) is 2.90. The second-order valence-corrected chi connectivity index (χ2v) is 6.10. The van der Waals surface area contributed by atoms with Crippen LogP contribution in [0.15, 0.2) is 30.5 Å². The van der Waals surface area contributed by atoms with Gasteiger partial charge in [-0.3, -0.25) is 14.4 Å². The molecule has 1 aromatic rings. The molecule has 0 bridgehead atoms. The number of aliphatic carboxylic acids is 1. The lowest BCUT2D eigenvalue weighted by Crippen LogP contribution is -2.43. The van der Waals surface area contributed by atoms with Crippen LogP contribution in [0.2, 0.25) is 0 Å². The van der Waals surface area contributed by atoms with Gasteiger partial charge >= 0.3 is 5.97 Å². The van der Waals surface area contributed by atoms with Crippen molar-refractivity contribution in [2.24, 2.45) is 0 Å². The van der Waals surface area contributed by atoms with Crippen molar-refractivity contribution in [3.63, 3.8) is 0 Å². The number of hydrogen-bond acceptors (Lipinski definition) is 3. The first-order valence-corrected chi connectivity index (χ1v) is 7.88. The standard InChI is InChI=1S/C18H22N2O4/c1-12(2)20(11-18(23)24)17(22)10-16-15-7-5-4-6-14(15)8-9-19(16)13(3)21/h4-9,12,16H,10-11H2,1-3H3,(H,23,24). The van der Waals surface area contributed by atoms with Crippen LogP contribution >= 0.6 is 0 Å². The number of rotatable bonds is 5. The maximum Gasteiger partial charge on any atom is 0.323 e. The van der Waals surface area contributed by atoms with Gasteiger partial charge in [0, 0.05) is 19.2 Å². The molecule has 0 fully saturated rings. The Morgan fingerprint density at radius 3 is 2.50 bits per heavy atom. The molecule has 1 N–H and O–H groups in total. The molecule has 0 saturated heterocycles. The van der Waals surface area contributed by atoms with Gasteiger partial charge < -0.3 is 14.9 Å². The molecule has 24 heavy (non-hydrogen) atoms. The Kier molecular flexibility index (Phi) is 5.39. The second-order valence-electron chi connectivity index (χ2n) is 6.10. The molecule has 0 aromatic heterocycles. The van der Waals surface area contributed by atoms with E-state index in [2.05, 4.69) is 0 Å². The average molecular weight is 330 g/mol. The highest BCUT2D eigenvalue weighted by Gasteiger charge is 2.31. The highest BCUT2D eigenvalue weighted by molar-refractivity contribution is 5.84. The predicted octanol–water partition coefficient (Wildman–Crippen LogP) is 2.27. The summed E-state index contributed by atoms with van der Waals surface area (Å²) in [7, 11) is 0. The van der Waals surface area contributed by atoms with Crippen molar-refractivity contribution in [1.29, 1.82) is 0 Å². The van der Waals surface area contributed by atoms with Gasteiger partial charge in [0.25, 0.3) is 0 Å². The van der Waals surface area contributed by atoms with Crippen LogP contribution in [-0.2, 0) is 14.4 Å². The van der Waals surface area contributed by atoms with Crippen molar-refractivity contribution in [2.75, 3.05) is 6.54 Å². The molecule has 1 heterocycles. The van der Waals surface area contributed by atoms with Crippen LogP contribution < -0.4 is 0 Å². The molecular formula is C18H22N2O4. The molecule has 1 aliphatic heterocycles. The monoisotopic (exact) mass is 330 g/mol. The van der Waals surface area contributed by atoms with Gasteiger partial charge in [-0.1, -0.05) is 24.3 Å². The summed E-state index contributed by atoms with van der Waals surface area (Å²) in [5.41, 5.74) is 1.85. The molecule has 1 atom stereocenters. The van der Waals surface area contributed by atoms with Gasteiger partial charge in [0.1, 0.15) is 6.54 Å². The van der Waals surface area contributed by atoms with Crippen molar-refractivity contribution < 1.29 is 19.5 Å².